The van der Waals surface area contributed by atoms with Crippen molar-refractivity contribution in [2.45, 2.75) is 0 Å². The largest absolute Gasteiger partial charge is 0.343 e. The number of nitrogens with one attached hydrogen (secondary N) is 2. The lowest BCUT2D eigenvalue weighted by molar-refractivity contribution is 0.0822. The molecule has 2 heterocycles. The maximum absolute atomic E-state index is 12.4. The molecule has 2 aromatic heterocycles. The molecule has 3 rings (SSSR count). The fourth-order valence-electron chi connectivity index (χ4n) is 2.00. The molecule has 0 atom stereocenters. The van der Waals surface area contributed by atoms with Gasteiger partial charge in [-0.2, -0.15) is 15.4 Å². The van der Waals surface area contributed by atoms with Gasteiger partial charge in [0.05, 0.1) is 0 Å². The Morgan fingerprint density at radius 1 is 1.17 bits per heavy atom. The van der Waals surface area contributed by atoms with Gasteiger partial charge in [-0.3, -0.25) is 14.9 Å². The molecular formula is C15H14N6O2S. The average molecular weight is 342 g/mol. The lowest BCUT2D eigenvalue weighted by Crippen LogP contribution is -2.22. The van der Waals surface area contributed by atoms with E-state index in [2.05, 4.69) is 25.7 Å². The molecule has 3 aromatic rings. The maximum atomic E-state index is 12.4. The number of anilines is 1. The molecule has 2 amide bonds. The van der Waals surface area contributed by atoms with Gasteiger partial charge in [0, 0.05) is 25.0 Å². The highest BCUT2D eigenvalue weighted by molar-refractivity contribution is 7.14. The third kappa shape index (κ3) is 3.15. The first kappa shape index (κ1) is 15.8. The number of hydrogen-bond acceptors (Lipinski definition) is 6. The highest BCUT2D eigenvalue weighted by Crippen LogP contribution is 2.21. The number of benzene rings is 1. The number of aromatic amines is 1. The summed E-state index contributed by atoms with van der Waals surface area (Å²) in [5.41, 5.74) is 1.67. The minimum atomic E-state index is -0.444. The second-order valence-electron chi connectivity index (χ2n) is 5.08. The second kappa shape index (κ2) is 6.59. The number of carbonyl (C=O) groups excluding carboxylic acids is 2. The predicted octanol–water partition coefficient (Wildman–Crippen LogP) is 1.88. The Morgan fingerprint density at radius 3 is 2.62 bits per heavy atom. The first-order chi connectivity index (χ1) is 11.6. The third-order valence-corrected chi connectivity index (χ3v) is 3.92. The van der Waals surface area contributed by atoms with Crippen molar-refractivity contribution in [3.8, 4) is 11.3 Å². The summed E-state index contributed by atoms with van der Waals surface area (Å²) < 4.78 is 0. The summed E-state index contributed by atoms with van der Waals surface area (Å²) >= 11 is 1.17. The third-order valence-electron chi connectivity index (χ3n) is 3.16. The maximum Gasteiger partial charge on any atom is 0.280 e. The highest BCUT2D eigenvalue weighted by atomic mass is 32.1. The van der Waals surface area contributed by atoms with Gasteiger partial charge in [-0.1, -0.05) is 30.3 Å². The summed E-state index contributed by atoms with van der Waals surface area (Å²) in [4.78, 5) is 29.8. The average Bonchev–Trinajstić information content (AvgIpc) is 3.24. The highest BCUT2D eigenvalue weighted by Gasteiger charge is 2.20. The van der Waals surface area contributed by atoms with Crippen molar-refractivity contribution in [3.63, 3.8) is 0 Å². The zero-order chi connectivity index (χ0) is 17.1. The minimum Gasteiger partial charge on any atom is -0.343 e. The number of aromatic nitrogens is 4. The SMILES string of the molecule is CN(C)C(=O)c1csc(NC(=O)c2n[nH]nc2-c2ccccc2)n1. The van der Waals surface area contributed by atoms with E-state index in [1.807, 2.05) is 30.3 Å². The van der Waals surface area contributed by atoms with E-state index in [1.165, 1.54) is 16.2 Å². The van der Waals surface area contributed by atoms with Crippen LogP contribution in [0.2, 0.25) is 0 Å². The van der Waals surface area contributed by atoms with E-state index in [0.717, 1.165) is 5.56 Å². The fourth-order valence-corrected chi connectivity index (χ4v) is 2.68. The molecule has 0 spiro atoms. The van der Waals surface area contributed by atoms with Crippen molar-refractivity contribution in [1.29, 1.82) is 0 Å². The van der Waals surface area contributed by atoms with E-state index in [4.69, 9.17) is 0 Å². The predicted molar refractivity (Wildman–Crippen MR) is 89.9 cm³/mol. The van der Waals surface area contributed by atoms with Crippen LogP contribution in [0.3, 0.4) is 0 Å². The van der Waals surface area contributed by atoms with Crippen LogP contribution in [-0.2, 0) is 0 Å². The molecular weight excluding hydrogens is 328 g/mol. The van der Waals surface area contributed by atoms with Crippen LogP contribution >= 0.6 is 11.3 Å². The summed E-state index contributed by atoms with van der Waals surface area (Å²) in [5.74, 6) is -0.668. The van der Waals surface area contributed by atoms with Crippen LogP contribution in [0.5, 0.6) is 0 Å². The molecule has 8 nitrogen and oxygen atoms in total. The Balaban J connectivity index is 1.80. The Labute approximate surface area is 141 Å². The van der Waals surface area contributed by atoms with E-state index >= 15 is 0 Å². The first-order valence-corrected chi connectivity index (χ1v) is 7.89. The molecule has 0 aliphatic carbocycles. The van der Waals surface area contributed by atoms with Crippen LogP contribution in [-0.4, -0.2) is 51.2 Å². The molecule has 0 bridgehead atoms. The van der Waals surface area contributed by atoms with Gasteiger partial charge in [0.15, 0.2) is 10.8 Å². The summed E-state index contributed by atoms with van der Waals surface area (Å²) in [5, 5.41) is 15.0. The number of H-pyrrole nitrogens is 1. The summed E-state index contributed by atoms with van der Waals surface area (Å²) in [7, 11) is 3.28. The Morgan fingerprint density at radius 2 is 1.92 bits per heavy atom. The van der Waals surface area contributed by atoms with Crippen LogP contribution in [0.25, 0.3) is 11.3 Å². The van der Waals surface area contributed by atoms with E-state index in [-0.39, 0.29) is 17.3 Å². The Hall–Kier alpha value is -3.07. The second-order valence-corrected chi connectivity index (χ2v) is 5.94. The van der Waals surface area contributed by atoms with Gasteiger partial charge in [-0.25, -0.2) is 4.98 Å². The van der Waals surface area contributed by atoms with Crippen LogP contribution in [0.1, 0.15) is 21.0 Å². The molecule has 0 aliphatic heterocycles. The molecule has 0 aliphatic rings. The fraction of sp³-hybridized carbons (Fsp3) is 0.133. The molecule has 0 saturated carbocycles. The van der Waals surface area contributed by atoms with Crippen molar-refractivity contribution < 1.29 is 9.59 Å². The number of carbonyl (C=O) groups is 2. The summed E-state index contributed by atoms with van der Waals surface area (Å²) in [6, 6.07) is 9.26. The van der Waals surface area contributed by atoms with Crippen molar-refractivity contribution in [2.75, 3.05) is 19.4 Å². The smallest absolute Gasteiger partial charge is 0.280 e. The zero-order valence-corrected chi connectivity index (χ0v) is 13.8. The molecule has 122 valence electrons. The van der Waals surface area contributed by atoms with E-state index in [1.54, 1.807) is 19.5 Å². The van der Waals surface area contributed by atoms with Gasteiger partial charge in [-0.05, 0) is 0 Å². The lowest BCUT2D eigenvalue weighted by atomic mass is 10.1. The zero-order valence-electron chi connectivity index (χ0n) is 13.0. The number of thiazole rings is 1. The monoisotopic (exact) mass is 342 g/mol. The van der Waals surface area contributed by atoms with Crippen molar-refractivity contribution in [2.24, 2.45) is 0 Å². The van der Waals surface area contributed by atoms with Crippen LogP contribution in [0.15, 0.2) is 35.7 Å². The quantitative estimate of drug-likeness (QED) is 0.753. The first-order valence-electron chi connectivity index (χ1n) is 7.01. The minimum absolute atomic E-state index is 0.164. The molecule has 2 N–H and O–H groups in total. The van der Waals surface area contributed by atoms with E-state index < -0.39 is 5.91 Å². The van der Waals surface area contributed by atoms with Crippen LogP contribution in [0.4, 0.5) is 5.13 Å². The van der Waals surface area contributed by atoms with Gasteiger partial charge in [0.1, 0.15) is 11.4 Å². The topological polar surface area (TPSA) is 104 Å². The molecule has 1 aromatic carbocycles. The van der Waals surface area contributed by atoms with Crippen LogP contribution in [0, 0.1) is 0 Å². The summed E-state index contributed by atoms with van der Waals surface area (Å²) in [6.07, 6.45) is 0. The number of amides is 2. The van der Waals surface area contributed by atoms with Crippen LogP contribution < -0.4 is 5.32 Å². The van der Waals surface area contributed by atoms with Gasteiger partial charge in [0.2, 0.25) is 0 Å². The Kier molecular flexibility index (Phi) is 4.34. The summed E-state index contributed by atoms with van der Waals surface area (Å²) in [6.45, 7) is 0. The van der Waals surface area contributed by atoms with E-state index in [0.29, 0.717) is 10.8 Å². The molecule has 9 heteroatoms. The van der Waals surface area contributed by atoms with E-state index in [9.17, 15) is 9.59 Å². The van der Waals surface area contributed by atoms with Crippen molar-refractivity contribution in [1.82, 2.24) is 25.3 Å². The molecule has 0 saturated heterocycles. The molecule has 0 fully saturated rings. The standard InChI is InChI=1S/C15H14N6O2S/c1-21(2)14(23)10-8-24-15(16-10)17-13(22)12-11(18-20-19-12)9-6-4-3-5-7-9/h3-8H,1-2H3,(H,16,17,22)(H,18,19,20). The van der Waals surface area contributed by atoms with Gasteiger partial charge < -0.3 is 4.90 Å². The number of nitrogens with zero attached hydrogens (tertiary/aromatic N) is 4. The number of rotatable bonds is 4. The van der Waals surface area contributed by atoms with Gasteiger partial charge >= 0.3 is 0 Å². The molecule has 0 unspecified atom stereocenters. The van der Waals surface area contributed by atoms with Crippen molar-refractivity contribution >= 4 is 28.3 Å². The molecule has 24 heavy (non-hydrogen) atoms. The van der Waals surface area contributed by atoms with Gasteiger partial charge in [-0.15, -0.1) is 11.3 Å². The normalized spacial score (nSPS) is 10.4. The lowest BCUT2D eigenvalue weighted by Gasteiger charge is -2.06. The van der Waals surface area contributed by atoms with Crippen molar-refractivity contribution in [3.05, 3.63) is 47.1 Å². The number of hydrogen-bond donors (Lipinski definition) is 2. The van der Waals surface area contributed by atoms with Gasteiger partial charge in [0.25, 0.3) is 11.8 Å². The Bertz CT molecular complexity index is 871. The molecule has 0 radical (unpaired) electrons.